The molecule has 0 unspecified atom stereocenters. The third-order valence-corrected chi connectivity index (χ3v) is 5.86. The van der Waals surface area contributed by atoms with Gasteiger partial charge in [0.1, 0.15) is 11.4 Å². The van der Waals surface area contributed by atoms with Crippen LogP contribution in [0.4, 0.5) is 10.5 Å². The van der Waals surface area contributed by atoms with Crippen molar-refractivity contribution in [2.24, 2.45) is 4.99 Å². The summed E-state index contributed by atoms with van der Waals surface area (Å²) >= 11 is 5.97. The number of nitrogens with one attached hydrogen (secondary N) is 2. The summed E-state index contributed by atoms with van der Waals surface area (Å²) in [6.07, 6.45) is 1.16. The summed E-state index contributed by atoms with van der Waals surface area (Å²) in [6, 6.07) is 12.8. The first-order valence-corrected chi connectivity index (χ1v) is 10.0. The molecule has 2 heterocycles. The van der Waals surface area contributed by atoms with Crippen LogP contribution in [-0.2, 0) is 4.79 Å². The van der Waals surface area contributed by atoms with Crippen LogP contribution in [-0.4, -0.2) is 41.3 Å². The number of amides is 3. The molecule has 2 aliphatic rings. The maximum Gasteiger partial charge on any atom is 0.321 e. The topological polar surface area (TPSA) is 73.8 Å². The number of carbonyl (C=O) groups excluding carboxylic acids is 2. The van der Waals surface area contributed by atoms with Crippen molar-refractivity contribution in [3.8, 4) is 0 Å². The molecule has 0 aliphatic carbocycles. The number of hydrogen-bond donors (Lipinski definition) is 2. The highest BCUT2D eigenvalue weighted by Gasteiger charge is 2.42. The molecule has 6 nitrogen and oxygen atoms in total. The number of benzene rings is 2. The SMILES string of the molecule is Cc1ccc(C2=NC3(CCN(C(=O)Nc4cccc(Cl)c4)CC3)NC2=O)cc1C. The maximum atomic E-state index is 12.6. The van der Waals surface area contributed by atoms with Crippen LogP contribution in [0.15, 0.2) is 47.5 Å². The van der Waals surface area contributed by atoms with Crippen molar-refractivity contribution in [2.45, 2.75) is 32.4 Å². The van der Waals surface area contributed by atoms with Crippen molar-refractivity contribution in [3.63, 3.8) is 0 Å². The Morgan fingerprint density at radius 3 is 2.59 bits per heavy atom. The first-order chi connectivity index (χ1) is 13.8. The van der Waals surface area contributed by atoms with Gasteiger partial charge in [0.25, 0.3) is 5.91 Å². The third kappa shape index (κ3) is 3.98. The van der Waals surface area contributed by atoms with Gasteiger partial charge in [0.15, 0.2) is 0 Å². The van der Waals surface area contributed by atoms with Crippen LogP contribution >= 0.6 is 11.6 Å². The number of aryl methyl sites for hydroxylation is 2. The van der Waals surface area contributed by atoms with Gasteiger partial charge in [0.2, 0.25) is 0 Å². The highest BCUT2D eigenvalue weighted by Crippen LogP contribution is 2.29. The number of anilines is 1. The number of halogens is 1. The normalized spacial score (nSPS) is 17.8. The van der Waals surface area contributed by atoms with E-state index < -0.39 is 5.66 Å². The fourth-order valence-electron chi connectivity index (χ4n) is 3.73. The maximum absolute atomic E-state index is 12.6. The molecule has 2 aromatic rings. The van der Waals surface area contributed by atoms with E-state index in [2.05, 4.69) is 10.6 Å². The van der Waals surface area contributed by atoms with Crippen molar-refractivity contribution in [2.75, 3.05) is 18.4 Å². The Labute approximate surface area is 175 Å². The zero-order valence-electron chi connectivity index (χ0n) is 16.5. The van der Waals surface area contributed by atoms with Gasteiger partial charge in [0.05, 0.1) is 0 Å². The van der Waals surface area contributed by atoms with E-state index in [9.17, 15) is 9.59 Å². The molecule has 0 bridgehead atoms. The molecule has 7 heteroatoms. The zero-order chi connectivity index (χ0) is 20.6. The molecule has 0 saturated carbocycles. The van der Waals surface area contributed by atoms with Gasteiger partial charge in [-0.1, -0.05) is 29.8 Å². The Hall–Kier alpha value is -2.86. The number of nitrogens with zero attached hydrogens (tertiary/aromatic N) is 2. The van der Waals surface area contributed by atoms with Crippen LogP contribution in [0.1, 0.15) is 29.5 Å². The van der Waals surface area contributed by atoms with Gasteiger partial charge in [0, 0.05) is 42.2 Å². The zero-order valence-corrected chi connectivity index (χ0v) is 17.2. The molecular weight excluding hydrogens is 388 g/mol. The van der Waals surface area contributed by atoms with Crippen LogP contribution in [0.5, 0.6) is 0 Å². The van der Waals surface area contributed by atoms with Crippen molar-refractivity contribution < 1.29 is 9.59 Å². The van der Waals surface area contributed by atoms with E-state index in [1.807, 2.05) is 32.0 Å². The molecule has 1 spiro atoms. The Morgan fingerprint density at radius 1 is 1.14 bits per heavy atom. The van der Waals surface area contributed by atoms with Crippen molar-refractivity contribution in [3.05, 3.63) is 64.2 Å². The Morgan fingerprint density at radius 2 is 1.90 bits per heavy atom. The molecule has 3 amide bonds. The fourth-order valence-corrected chi connectivity index (χ4v) is 3.92. The molecule has 1 fully saturated rings. The van der Waals surface area contributed by atoms with E-state index >= 15 is 0 Å². The van der Waals surface area contributed by atoms with E-state index in [0.717, 1.165) is 11.1 Å². The number of carbonyl (C=O) groups is 2. The Bertz CT molecular complexity index is 1010. The summed E-state index contributed by atoms with van der Waals surface area (Å²) in [7, 11) is 0. The second-order valence-corrected chi connectivity index (χ2v) is 8.11. The molecule has 0 radical (unpaired) electrons. The van der Waals surface area contributed by atoms with Crippen LogP contribution in [0.2, 0.25) is 5.02 Å². The molecule has 29 heavy (non-hydrogen) atoms. The number of aliphatic imine (C=N–C) groups is 1. The van der Waals surface area contributed by atoms with Gasteiger partial charge in [-0.3, -0.25) is 9.79 Å². The highest BCUT2D eigenvalue weighted by atomic mass is 35.5. The van der Waals surface area contributed by atoms with Gasteiger partial charge in [-0.2, -0.15) is 0 Å². The molecule has 150 valence electrons. The number of piperidine rings is 1. The van der Waals surface area contributed by atoms with E-state index in [0.29, 0.717) is 42.4 Å². The van der Waals surface area contributed by atoms with E-state index in [1.54, 1.807) is 29.2 Å². The smallest absolute Gasteiger partial charge is 0.321 e. The summed E-state index contributed by atoms with van der Waals surface area (Å²) in [5.74, 6) is -0.148. The monoisotopic (exact) mass is 410 g/mol. The van der Waals surface area contributed by atoms with Gasteiger partial charge in [-0.15, -0.1) is 0 Å². The minimum absolute atomic E-state index is 0.148. The second kappa shape index (κ2) is 7.52. The van der Waals surface area contributed by atoms with Crippen LogP contribution < -0.4 is 10.6 Å². The third-order valence-electron chi connectivity index (χ3n) is 5.62. The fraction of sp³-hybridized carbons (Fsp3) is 0.318. The lowest BCUT2D eigenvalue weighted by molar-refractivity contribution is -0.115. The van der Waals surface area contributed by atoms with Crippen LogP contribution in [0, 0.1) is 13.8 Å². The summed E-state index contributed by atoms with van der Waals surface area (Å²) in [5, 5.41) is 6.49. The van der Waals surface area contributed by atoms with Gasteiger partial charge in [-0.25, -0.2) is 4.79 Å². The predicted molar refractivity (Wildman–Crippen MR) is 115 cm³/mol. The minimum Gasteiger partial charge on any atom is -0.326 e. The van der Waals surface area contributed by atoms with Crippen molar-refractivity contribution in [1.29, 1.82) is 0 Å². The quantitative estimate of drug-likeness (QED) is 0.787. The van der Waals surface area contributed by atoms with Crippen molar-refractivity contribution >= 4 is 34.9 Å². The van der Waals surface area contributed by atoms with Crippen LogP contribution in [0.3, 0.4) is 0 Å². The van der Waals surface area contributed by atoms with E-state index in [1.165, 1.54) is 5.56 Å². The standard InChI is InChI=1S/C22H23ClN4O2/c1-14-6-7-16(12-15(14)2)19-20(28)26-22(25-19)8-10-27(11-9-22)21(29)24-18-5-3-4-17(23)13-18/h3-7,12-13H,8-11H2,1-2H3,(H,24,29)(H,26,28). The molecule has 0 atom stereocenters. The number of likely N-dealkylation sites (tertiary alicyclic amines) is 1. The minimum atomic E-state index is -0.627. The molecule has 0 aromatic heterocycles. The van der Waals surface area contributed by atoms with Gasteiger partial charge in [-0.05, 0) is 49.2 Å². The number of hydrogen-bond acceptors (Lipinski definition) is 3. The highest BCUT2D eigenvalue weighted by molar-refractivity contribution is 6.46. The van der Waals surface area contributed by atoms with E-state index in [4.69, 9.17) is 16.6 Å². The van der Waals surface area contributed by atoms with E-state index in [-0.39, 0.29) is 11.9 Å². The Balaban J connectivity index is 1.44. The first-order valence-electron chi connectivity index (χ1n) is 9.67. The largest absolute Gasteiger partial charge is 0.326 e. The molecule has 2 aliphatic heterocycles. The average Bonchev–Trinajstić information content (AvgIpc) is 3.00. The lowest BCUT2D eigenvalue weighted by atomic mass is 9.98. The lowest BCUT2D eigenvalue weighted by Crippen LogP contribution is -2.53. The Kier molecular flexibility index (Phi) is 5.04. The lowest BCUT2D eigenvalue weighted by Gasteiger charge is -2.37. The molecule has 2 aromatic carbocycles. The summed E-state index contributed by atoms with van der Waals surface area (Å²) in [5.41, 5.74) is 3.66. The first kappa shape index (κ1) is 19.5. The van der Waals surface area contributed by atoms with Crippen molar-refractivity contribution in [1.82, 2.24) is 10.2 Å². The molecular formula is C22H23ClN4O2. The second-order valence-electron chi connectivity index (χ2n) is 7.67. The number of rotatable bonds is 2. The molecule has 4 rings (SSSR count). The molecule has 1 saturated heterocycles. The summed E-state index contributed by atoms with van der Waals surface area (Å²) in [4.78, 5) is 31.6. The predicted octanol–water partition coefficient (Wildman–Crippen LogP) is 3.90. The summed E-state index contributed by atoms with van der Waals surface area (Å²) in [6.45, 7) is 5.09. The van der Waals surface area contributed by atoms with Gasteiger partial charge >= 0.3 is 6.03 Å². The average molecular weight is 411 g/mol. The summed E-state index contributed by atoms with van der Waals surface area (Å²) < 4.78 is 0. The van der Waals surface area contributed by atoms with Gasteiger partial charge < -0.3 is 15.5 Å². The molecule has 2 N–H and O–H groups in total. The van der Waals surface area contributed by atoms with Crippen LogP contribution in [0.25, 0.3) is 0 Å². The number of urea groups is 1.